The van der Waals surface area contributed by atoms with Gasteiger partial charge in [0.05, 0.1) is 29.2 Å². The first-order chi connectivity index (χ1) is 20.3. The van der Waals surface area contributed by atoms with Crippen LogP contribution in [0.15, 0.2) is 36.4 Å². The fraction of sp³-hybridized carbons (Fsp3) is 0.517. The molecule has 15 heteroatoms. The maximum Gasteiger partial charge on any atom is 0.416 e. The number of likely N-dealkylation sites (tertiary alicyclic amines) is 1. The SMILES string of the molecule is Cc1cc(F)ccc1[C@@H]1CN(C(=O)CN2CCS(=O)(=O)CC2)CC[C@H]1C(=O)N(C)Cc1cc(C(F)(F)F)cc(C(F)(F)F)c1. The summed E-state index contributed by atoms with van der Waals surface area (Å²) in [6.45, 7) is 1.70. The van der Waals surface area contributed by atoms with Crippen molar-refractivity contribution in [3.8, 4) is 0 Å². The molecular weight excluding hydrogens is 619 g/mol. The summed E-state index contributed by atoms with van der Waals surface area (Å²) in [5, 5.41) is 0. The smallest absolute Gasteiger partial charge is 0.341 e. The Morgan fingerprint density at radius 3 is 2.07 bits per heavy atom. The summed E-state index contributed by atoms with van der Waals surface area (Å²) in [7, 11) is -1.86. The summed E-state index contributed by atoms with van der Waals surface area (Å²) in [6, 6.07) is 5.16. The highest BCUT2D eigenvalue weighted by Gasteiger charge is 2.40. The highest BCUT2D eigenvalue weighted by atomic mass is 32.2. The molecule has 2 heterocycles. The second-order valence-electron chi connectivity index (χ2n) is 11.4. The van der Waals surface area contributed by atoms with E-state index in [9.17, 15) is 48.7 Å². The molecule has 0 saturated carbocycles. The third-order valence-corrected chi connectivity index (χ3v) is 9.76. The molecule has 44 heavy (non-hydrogen) atoms. The highest BCUT2D eigenvalue weighted by molar-refractivity contribution is 7.91. The second-order valence-corrected chi connectivity index (χ2v) is 13.7. The number of hydrogen-bond donors (Lipinski definition) is 0. The lowest BCUT2D eigenvalue weighted by Gasteiger charge is -2.41. The van der Waals surface area contributed by atoms with Gasteiger partial charge in [-0.3, -0.25) is 14.5 Å². The molecule has 0 radical (unpaired) electrons. The Hall–Kier alpha value is -3.20. The van der Waals surface area contributed by atoms with Gasteiger partial charge in [0.2, 0.25) is 11.8 Å². The number of amides is 2. The summed E-state index contributed by atoms with van der Waals surface area (Å²) in [4.78, 5) is 31.3. The standard InChI is InChI=1S/C29H32F7N3O4S/c1-18-11-22(30)3-4-23(18)25-16-39(26(40)17-38-7-9-44(42,43)10-8-38)6-5-24(25)27(41)37(2)15-19-12-20(28(31,32)33)14-21(13-19)29(34,35)36/h3-4,11-14,24-25H,5-10,15-17H2,1-2H3/t24-,25+/m1/s1. The van der Waals surface area contributed by atoms with E-state index in [4.69, 9.17) is 0 Å². The number of piperidine rings is 1. The number of alkyl halides is 6. The third kappa shape index (κ3) is 8.09. The molecule has 0 unspecified atom stereocenters. The number of benzene rings is 2. The van der Waals surface area contributed by atoms with Crippen LogP contribution in [0.25, 0.3) is 0 Å². The fourth-order valence-corrected chi connectivity index (χ4v) is 7.07. The highest BCUT2D eigenvalue weighted by Crippen LogP contribution is 2.38. The van der Waals surface area contributed by atoms with Gasteiger partial charge >= 0.3 is 12.4 Å². The predicted molar refractivity (Wildman–Crippen MR) is 147 cm³/mol. The number of carbonyl (C=O) groups is 2. The monoisotopic (exact) mass is 651 g/mol. The Balaban J connectivity index is 1.56. The Morgan fingerprint density at radius 1 is 0.932 bits per heavy atom. The molecular formula is C29H32F7N3O4S. The van der Waals surface area contributed by atoms with E-state index in [0.717, 1.165) is 4.90 Å². The predicted octanol–water partition coefficient (Wildman–Crippen LogP) is 4.49. The number of halogens is 7. The van der Waals surface area contributed by atoms with Gasteiger partial charge in [-0.1, -0.05) is 6.07 Å². The van der Waals surface area contributed by atoms with Gasteiger partial charge in [0.1, 0.15) is 5.82 Å². The molecule has 2 aromatic rings. The van der Waals surface area contributed by atoms with E-state index in [-0.39, 0.29) is 68.2 Å². The van der Waals surface area contributed by atoms with E-state index in [0.29, 0.717) is 23.3 Å². The van der Waals surface area contributed by atoms with Crippen molar-refractivity contribution in [3.63, 3.8) is 0 Å². The molecule has 2 atom stereocenters. The number of carbonyl (C=O) groups excluding carboxylic acids is 2. The fourth-order valence-electron chi connectivity index (χ4n) is 5.79. The van der Waals surface area contributed by atoms with E-state index in [1.807, 2.05) is 0 Å². The van der Waals surface area contributed by atoms with E-state index >= 15 is 0 Å². The first-order valence-electron chi connectivity index (χ1n) is 13.8. The van der Waals surface area contributed by atoms with Crippen LogP contribution >= 0.6 is 0 Å². The summed E-state index contributed by atoms with van der Waals surface area (Å²) < 4.78 is 118. The van der Waals surface area contributed by atoms with Crippen molar-refractivity contribution in [3.05, 3.63) is 70.0 Å². The van der Waals surface area contributed by atoms with Crippen LogP contribution in [0.1, 0.15) is 40.2 Å². The van der Waals surface area contributed by atoms with E-state index < -0.39 is 63.4 Å². The van der Waals surface area contributed by atoms with Crippen molar-refractivity contribution in [2.75, 3.05) is 51.3 Å². The zero-order chi connectivity index (χ0) is 32.6. The van der Waals surface area contributed by atoms with Crippen molar-refractivity contribution in [1.82, 2.24) is 14.7 Å². The minimum atomic E-state index is -5.04. The van der Waals surface area contributed by atoms with Gasteiger partial charge in [-0.15, -0.1) is 0 Å². The molecule has 2 fully saturated rings. The first-order valence-corrected chi connectivity index (χ1v) is 15.7. The van der Waals surface area contributed by atoms with E-state index in [2.05, 4.69) is 0 Å². The number of rotatable bonds is 6. The lowest BCUT2D eigenvalue weighted by Crippen LogP contribution is -2.51. The van der Waals surface area contributed by atoms with Crippen LogP contribution in [-0.4, -0.2) is 86.2 Å². The molecule has 7 nitrogen and oxygen atoms in total. The Kier molecular flexibility index (Phi) is 9.69. The Morgan fingerprint density at radius 2 is 1.52 bits per heavy atom. The van der Waals surface area contributed by atoms with Gasteiger partial charge in [0.25, 0.3) is 0 Å². The van der Waals surface area contributed by atoms with Gasteiger partial charge < -0.3 is 9.80 Å². The van der Waals surface area contributed by atoms with E-state index in [1.165, 1.54) is 25.2 Å². The van der Waals surface area contributed by atoms with Crippen LogP contribution in [0.3, 0.4) is 0 Å². The number of aryl methyl sites for hydroxylation is 1. The molecule has 2 saturated heterocycles. The molecule has 242 valence electrons. The number of hydrogen-bond acceptors (Lipinski definition) is 5. The lowest BCUT2D eigenvalue weighted by molar-refractivity contribution is -0.143. The largest absolute Gasteiger partial charge is 0.416 e. The van der Waals surface area contributed by atoms with Crippen molar-refractivity contribution < 1.29 is 48.7 Å². The van der Waals surface area contributed by atoms with Gasteiger partial charge in [-0.05, 0) is 60.4 Å². The molecule has 2 aromatic carbocycles. The lowest BCUT2D eigenvalue weighted by atomic mass is 9.78. The summed E-state index contributed by atoms with van der Waals surface area (Å²) in [5.41, 5.74) is -2.23. The average Bonchev–Trinajstić information content (AvgIpc) is 2.92. The van der Waals surface area contributed by atoms with Gasteiger partial charge in [-0.2, -0.15) is 26.3 Å². The van der Waals surface area contributed by atoms with Crippen LogP contribution in [0.4, 0.5) is 30.7 Å². The quantitative estimate of drug-likeness (QED) is 0.431. The second kappa shape index (κ2) is 12.7. The Labute approximate surface area is 250 Å². The number of nitrogens with zero attached hydrogens (tertiary/aromatic N) is 3. The normalized spacial score (nSPS) is 21.2. The molecule has 2 aliphatic heterocycles. The number of sulfone groups is 1. The maximum absolute atomic E-state index is 13.9. The molecule has 0 aliphatic carbocycles. The van der Waals surface area contributed by atoms with Crippen molar-refractivity contribution >= 4 is 21.7 Å². The van der Waals surface area contributed by atoms with Crippen LogP contribution in [0.5, 0.6) is 0 Å². The third-order valence-electron chi connectivity index (χ3n) is 8.15. The minimum absolute atomic E-state index is 0.0220. The average molecular weight is 652 g/mol. The molecule has 2 amide bonds. The van der Waals surface area contributed by atoms with Crippen molar-refractivity contribution in [2.45, 2.75) is 38.2 Å². The minimum Gasteiger partial charge on any atom is -0.341 e. The topological polar surface area (TPSA) is 78.0 Å². The van der Waals surface area contributed by atoms with Crippen LogP contribution in [-0.2, 0) is 38.3 Å². The van der Waals surface area contributed by atoms with Gasteiger partial charge in [0.15, 0.2) is 9.84 Å². The van der Waals surface area contributed by atoms with Crippen molar-refractivity contribution in [1.29, 1.82) is 0 Å². The van der Waals surface area contributed by atoms with Crippen LogP contribution in [0, 0.1) is 18.7 Å². The summed E-state index contributed by atoms with van der Waals surface area (Å²) in [6.07, 6.45) is -9.93. The van der Waals surface area contributed by atoms with Crippen LogP contribution in [0.2, 0.25) is 0 Å². The molecule has 0 bridgehead atoms. The molecule has 4 rings (SSSR count). The molecule has 0 spiro atoms. The Bertz CT molecular complexity index is 1470. The summed E-state index contributed by atoms with van der Waals surface area (Å²) >= 11 is 0. The maximum atomic E-state index is 13.9. The zero-order valence-electron chi connectivity index (χ0n) is 24.0. The van der Waals surface area contributed by atoms with E-state index in [1.54, 1.807) is 16.7 Å². The first kappa shape index (κ1) is 33.7. The van der Waals surface area contributed by atoms with Crippen LogP contribution < -0.4 is 0 Å². The van der Waals surface area contributed by atoms with Gasteiger partial charge in [0, 0.05) is 51.6 Å². The molecule has 0 N–H and O–H groups in total. The zero-order valence-corrected chi connectivity index (χ0v) is 24.8. The molecule has 0 aromatic heterocycles. The summed E-state index contributed by atoms with van der Waals surface area (Å²) in [5.74, 6) is -2.90. The molecule has 2 aliphatic rings. The van der Waals surface area contributed by atoms with Gasteiger partial charge in [-0.25, -0.2) is 12.8 Å². The van der Waals surface area contributed by atoms with Crippen molar-refractivity contribution in [2.24, 2.45) is 5.92 Å².